The number of nitrogens with zero attached hydrogens (tertiary/aromatic N) is 3. The summed E-state index contributed by atoms with van der Waals surface area (Å²) in [5.74, 6) is 0.259. The van der Waals surface area contributed by atoms with E-state index >= 15 is 0 Å². The fourth-order valence-electron chi connectivity index (χ4n) is 2.92. The zero-order chi connectivity index (χ0) is 22.0. The van der Waals surface area contributed by atoms with Gasteiger partial charge in [0.05, 0.1) is 12.8 Å². The molecule has 1 aromatic heterocycles. The largest absolute Gasteiger partial charge is 0.497 e. The minimum Gasteiger partial charge on any atom is -0.497 e. The van der Waals surface area contributed by atoms with Crippen molar-refractivity contribution in [3.05, 3.63) is 76.8 Å². The van der Waals surface area contributed by atoms with Gasteiger partial charge in [-0.2, -0.15) is 4.80 Å². The van der Waals surface area contributed by atoms with Gasteiger partial charge < -0.3 is 10.1 Å². The summed E-state index contributed by atoms with van der Waals surface area (Å²) in [4.78, 5) is 13.9. The number of hydrogen-bond donors (Lipinski definition) is 2. The maximum Gasteiger partial charge on any atom is 0.257 e. The average Bonchev–Trinajstić information content (AvgIpc) is 3.19. The number of thiocarbonyl (C=S) groups is 1. The number of methoxy groups -OCH3 is 1. The standard InChI is InChI=1S/C22H18ClN5O2S/c1-13-6-8-16(12-18(13)23)28-26-19-9-7-15(11-20(19)27-28)24-22(31)25-21(29)14-4-3-5-17(10-14)30-2/h3-12H,1-2H3,(H2,24,25,29,31). The van der Waals surface area contributed by atoms with Crippen LogP contribution in [-0.2, 0) is 0 Å². The van der Waals surface area contributed by atoms with Crippen molar-refractivity contribution < 1.29 is 9.53 Å². The molecule has 0 saturated heterocycles. The zero-order valence-corrected chi connectivity index (χ0v) is 18.3. The fraction of sp³-hybridized carbons (Fsp3) is 0.0909. The van der Waals surface area contributed by atoms with Crippen molar-refractivity contribution in [2.24, 2.45) is 0 Å². The molecule has 0 unspecified atom stereocenters. The van der Waals surface area contributed by atoms with Crippen molar-refractivity contribution in [1.82, 2.24) is 20.3 Å². The Morgan fingerprint density at radius 1 is 1.06 bits per heavy atom. The lowest BCUT2D eigenvalue weighted by Gasteiger charge is -2.10. The van der Waals surface area contributed by atoms with Crippen LogP contribution in [-0.4, -0.2) is 33.1 Å². The first-order chi connectivity index (χ1) is 14.9. The van der Waals surface area contributed by atoms with Gasteiger partial charge in [0.25, 0.3) is 5.91 Å². The number of fused-ring (bicyclic) bond motifs is 1. The number of aromatic nitrogens is 3. The van der Waals surface area contributed by atoms with Crippen LogP contribution in [0.25, 0.3) is 16.7 Å². The molecule has 7 nitrogen and oxygen atoms in total. The number of nitrogens with one attached hydrogen (secondary N) is 2. The molecule has 0 aliphatic rings. The van der Waals surface area contributed by atoms with Gasteiger partial charge in [-0.05, 0) is 73.2 Å². The predicted octanol–water partition coefficient (Wildman–Crippen LogP) is 4.52. The van der Waals surface area contributed by atoms with Crippen LogP contribution in [0.4, 0.5) is 5.69 Å². The molecule has 0 aliphatic heterocycles. The van der Waals surface area contributed by atoms with Crippen LogP contribution in [0.2, 0.25) is 5.02 Å². The molecule has 1 amide bonds. The number of carbonyl (C=O) groups excluding carboxylic acids is 1. The third-order valence-electron chi connectivity index (χ3n) is 4.58. The van der Waals surface area contributed by atoms with Crippen molar-refractivity contribution >= 4 is 51.6 Å². The third-order valence-corrected chi connectivity index (χ3v) is 5.19. The SMILES string of the molecule is COc1cccc(C(=O)NC(=S)Nc2ccc3nn(-c4ccc(C)c(Cl)c4)nc3c2)c1. The molecule has 0 aliphatic carbocycles. The first-order valence-electron chi connectivity index (χ1n) is 9.33. The minimum absolute atomic E-state index is 0.171. The van der Waals surface area contributed by atoms with Gasteiger partial charge >= 0.3 is 0 Å². The fourth-order valence-corrected chi connectivity index (χ4v) is 3.30. The highest BCUT2D eigenvalue weighted by Gasteiger charge is 2.11. The normalized spacial score (nSPS) is 10.7. The number of hydrogen-bond acceptors (Lipinski definition) is 5. The van der Waals surface area contributed by atoms with Gasteiger partial charge in [-0.15, -0.1) is 10.2 Å². The summed E-state index contributed by atoms with van der Waals surface area (Å²) in [5.41, 5.74) is 4.26. The Balaban J connectivity index is 1.48. The Labute approximate surface area is 189 Å². The van der Waals surface area contributed by atoms with E-state index in [1.807, 2.05) is 37.3 Å². The number of ether oxygens (including phenoxy) is 1. The molecule has 0 radical (unpaired) electrons. The average molecular weight is 452 g/mol. The highest BCUT2D eigenvalue weighted by atomic mass is 35.5. The molecule has 9 heteroatoms. The van der Waals surface area contributed by atoms with Crippen LogP contribution in [0.1, 0.15) is 15.9 Å². The molecule has 1 heterocycles. The van der Waals surface area contributed by atoms with Gasteiger partial charge in [0.15, 0.2) is 5.11 Å². The highest BCUT2D eigenvalue weighted by molar-refractivity contribution is 7.80. The molecule has 0 spiro atoms. The van der Waals surface area contributed by atoms with Gasteiger partial charge in [-0.3, -0.25) is 10.1 Å². The summed E-state index contributed by atoms with van der Waals surface area (Å²) in [6.45, 7) is 1.94. The summed E-state index contributed by atoms with van der Waals surface area (Å²) in [5, 5.41) is 15.5. The quantitative estimate of drug-likeness (QED) is 0.444. The van der Waals surface area contributed by atoms with Crippen molar-refractivity contribution in [1.29, 1.82) is 0 Å². The second kappa shape index (κ2) is 8.71. The maximum absolute atomic E-state index is 12.4. The topological polar surface area (TPSA) is 81.1 Å². The summed E-state index contributed by atoms with van der Waals surface area (Å²) in [7, 11) is 1.54. The Morgan fingerprint density at radius 2 is 1.87 bits per heavy atom. The minimum atomic E-state index is -0.334. The summed E-state index contributed by atoms with van der Waals surface area (Å²) in [6.07, 6.45) is 0. The third kappa shape index (κ3) is 4.65. The number of halogens is 1. The summed E-state index contributed by atoms with van der Waals surface area (Å²) < 4.78 is 5.14. The van der Waals surface area contributed by atoms with Gasteiger partial charge in [-0.25, -0.2) is 0 Å². The van der Waals surface area contributed by atoms with Crippen molar-refractivity contribution in [3.63, 3.8) is 0 Å². The number of amides is 1. The van der Waals surface area contributed by atoms with Crippen LogP contribution in [0.5, 0.6) is 5.75 Å². The predicted molar refractivity (Wildman–Crippen MR) is 125 cm³/mol. The van der Waals surface area contributed by atoms with E-state index < -0.39 is 0 Å². The second-order valence-corrected chi connectivity index (χ2v) is 7.58. The molecule has 3 aromatic carbocycles. The van der Waals surface area contributed by atoms with E-state index in [-0.39, 0.29) is 11.0 Å². The summed E-state index contributed by atoms with van der Waals surface area (Å²) >= 11 is 11.5. The molecule has 0 atom stereocenters. The van der Waals surface area contributed by atoms with Gasteiger partial charge in [-0.1, -0.05) is 23.7 Å². The molecule has 0 bridgehead atoms. The molecule has 2 N–H and O–H groups in total. The zero-order valence-electron chi connectivity index (χ0n) is 16.7. The molecule has 4 aromatic rings. The van der Waals surface area contributed by atoms with E-state index in [2.05, 4.69) is 20.8 Å². The monoisotopic (exact) mass is 451 g/mol. The number of carbonyl (C=O) groups is 1. The van der Waals surface area contributed by atoms with E-state index in [4.69, 9.17) is 28.6 Å². The van der Waals surface area contributed by atoms with E-state index in [1.54, 1.807) is 37.4 Å². The summed E-state index contributed by atoms with van der Waals surface area (Å²) in [6, 6.07) is 17.9. The Kier molecular flexibility index (Phi) is 5.83. The Morgan fingerprint density at radius 3 is 2.65 bits per heavy atom. The maximum atomic E-state index is 12.4. The lowest BCUT2D eigenvalue weighted by molar-refractivity contribution is 0.0977. The molecular weight excluding hydrogens is 434 g/mol. The van der Waals surface area contributed by atoms with Crippen LogP contribution in [0.15, 0.2) is 60.7 Å². The van der Waals surface area contributed by atoms with E-state index in [0.717, 1.165) is 11.3 Å². The lowest BCUT2D eigenvalue weighted by Crippen LogP contribution is -2.34. The van der Waals surface area contributed by atoms with Crippen LogP contribution >= 0.6 is 23.8 Å². The van der Waals surface area contributed by atoms with Crippen molar-refractivity contribution in [3.8, 4) is 11.4 Å². The Hall–Kier alpha value is -3.49. The van der Waals surface area contributed by atoms with Gasteiger partial charge in [0.2, 0.25) is 0 Å². The Bertz CT molecular complexity index is 1300. The van der Waals surface area contributed by atoms with Crippen molar-refractivity contribution in [2.45, 2.75) is 6.92 Å². The van der Waals surface area contributed by atoms with Crippen molar-refractivity contribution in [2.75, 3.05) is 12.4 Å². The number of aryl methyl sites for hydroxylation is 1. The number of rotatable bonds is 4. The first-order valence-corrected chi connectivity index (χ1v) is 10.1. The number of benzene rings is 3. The van der Waals surface area contributed by atoms with E-state index in [9.17, 15) is 4.79 Å². The van der Waals surface area contributed by atoms with Crippen LogP contribution in [0, 0.1) is 6.92 Å². The second-order valence-electron chi connectivity index (χ2n) is 6.77. The number of anilines is 1. The molecule has 4 rings (SSSR count). The highest BCUT2D eigenvalue weighted by Crippen LogP contribution is 2.21. The molecular formula is C22H18ClN5O2S. The van der Waals surface area contributed by atoms with Gasteiger partial charge in [0, 0.05) is 16.3 Å². The van der Waals surface area contributed by atoms with Crippen LogP contribution in [0.3, 0.4) is 0 Å². The molecule has 0 fully saturated rings. The van der Waals surface area contributed by atoms with E-state index in [1.165, 1.54) is 4.80 Å². The molecule has 156 valence electrons. The first kappa shape index (κ1) is 20.8. The van der Waals surface area contributed by atoms with E-state index in [0.29, 0.717) is 33.1 Å². The lowest BCUT2D eigenvalue weighted by atomic mass is 10.2. The van der Waals surface area contributed by atoms with Crippen LogP contribution < -0.4 is 15.4 Å². The van der Waals surface area contributed by atoms with Gasteiger partial charge in [0.1, 0.15) is 16.8 Å². The smallest absolute Gasteiger partial charge is 0.257 e. The molecule has 0 saturated carbocycles. The molecule has 31 heavy (non-hydrogen) atoms.